The van der Waals surface area contributed by atoms with Crippen molar-refractivity contribution in [1.82, 2.24) is 0 Å². The summed E-state index contributed by atoms with van der Waals surface area (Å²) in [5.74, 6) is -1.84. The van der Waals surface area contributed by atoms with Gasteiger partial charge in [-0.25, -0.2) is 0 Å². The van der Waals surface area contributed by atoms with Crippen LogP contribution < -0.4 is 5.11 Å². The van der Waals surface area contributed by atoms with Crippen molar-refractivity contribution < 1.29 is 38.2 Å². The molecule has 0 N–H and O–H groups in total. The van der Waals surface area contributed by atoms with Gasteiger partial charge in [0.05, 0.1) is 40.3 Å². The quantitative estimate of drug-likeness (QED) is 0.0262. The number of carboxylic acids is 1. The second kappa shape index (κ2) is 40.8. The van der Waals surface area contributed by atoms with Crippen molar-refractivity contribution in [2.45, 2.75) is 199 Å². The Labute approximate surface area is 356 Å². The second-order valence-electron chi connectivity index (χ2n) is 16.6. The highest BCUT2D eigenvalue weighted by Crippen LogP contribution is 2.15. The number of rotatable bonds is 41. The number of nitrogens with zero attached hydrogens (tertiary/aromatic N) is 1. The maximum atomic E-state index is 12.7. The van der Waals surface area contributed by atoms with Crippen LogP contribution in [-0.4, -0.2) is 75.5 Å². The molecule has 0 amide bonds. The monoisotopic (exact) mass is 814 g/mol. The number of quaternary nitrogens is 1. The lowest BCUT2D eigenvalue weighted by atomic mass is 10.0. The van der Waals surface area contributed by atoms with Crippen molar-refractivity contribution >= 4 is 17.9 Å². The molecule has 0 bridgehead atoms. The number of hydrogen-bond acceptors (Lipinski definition) is 7. The number of allylic oxidation sites excluding steroid dienone is 10. The zero-order valence-electron chi connectivity index (χ0n) is 37.9. The molecule has 0 aliphatic carbocycles. The van der Waals surface area contributed by atoms with E-state index in [2.05, 4.69) is 62.5 Å². The van der Waals surface area contributed by atoms with Crippen LogP contribution in [0.1, 0.15) is 187 Å². The van der Waals surface area contributed by atoms with Gasteiger partial charge in [-0.3, -0.25) is 9.59 Å². The average Bonchev–Trinajstić information content (AvgIpc) is 3.18. The summed E-state index contributed by atoms with van der Waals surface area (Å²) in [5.41, 5.74) is 0. The van der Waals surface area contributed by atoms with Crippen LogP contribution in [0.4, 0.5) is 0 Å². The van der Waals surface area contributed by atoms with Crippen LogP contribution in [0.2, 0.25) is 0 Å². The average molecular weight is 814 g/mol. The lowest BCUT2D eigenvalue weighted by molar-refractivity contribution is -0.889. The number of unbranched alkanes of at least 4 members (excludes halogenated alkanes) is 17. The maximum absolute atomic E-state index is 12.7. The van der Waals surface area contributed by atoms with Crippen LogP contribution in [0, 0.1) is 0 Å². The normalized spacial score (nSPS) is 13.5. The van der Waals surface area contributed by atoms with E-state index in [4.69, 9.17) is 14.2 Å². The molecule has 8 nitrogen and oxygen atoms in total. The zero-order chi connectivity index (χ0) is 42.8. The summed E-state index contributed by atoms with van der Waals surface area (Å²) in [6.45, 7) is 4.48. The number of carbonyl (C=O) groups is 3. The largest absolute Gasteiger partial charge is 0.544 e. The number of ether oxygens (including phenoxy) is 3. The molecule has 334 valence electrons. The van der Waals surface area contributed by atoms with Crippen molar-refractivity contribution in [3.8, 4) is 0 Å². The first-order valence-electron chi connectivity index (χ1n) is 23.3. The molecule has 8 heteroatoms. The molecule has 0 saturated heterocycles. The summed E-state index contributed by atoms with van der Waals surface area (Å²) in [7, 11) is 5.39. The summed E-state index contributed by atoms with van der Waals surface area (Å²) in [6, 6.07) is -0.737. The Bertz CT molecular complexity index is 1130. The van der Waals surface area contributed by atoms with Crippen LogP contribution in [-0.2, 0) is 28.6 Å². The number of likely N-dealkylation sites (N-methyl/N-ethyl adjacent to an activating group) is 1. The smallest absolute Gasteiger partial charge is 0.306 e. The van der Waals surface area contributed by atoms with E-state index in [9.17, 15) is 19.5 Å². The summed E-state index contributed by atoms with van der Waals surface area (Å²) >= 11 is 0. The van der Waals surface area contributed by atoms with E-state index in [1.165, 1.54) is 96.3 Å². The Morgan fingerprint density at radius 2 is 0.966 bits per heavy atom. The fraction of sp³-hybridized carbons (Fsp3) is 0.740. The second-order valence-corrected chi connectivity index (χ2v) is 16.6. The molecule has 2 atom stereocenters. The molecular weight excluding hydrogens is 727 g/mol. The lowest BCUT2D eigenvalue weighted by Gasteiger charge is -2.34. The van der Waals surface area contributed by atoms with E-state index in [1.54, 1.807) is 21.1 Å². The highest BCUT2D eigenvalue weighted by molar-refractivity contribution is 5.70. The third kappa shape index (κ3) is 38.5. The molecule has 0 fully saturated rings. The van der Waals surface area contributed by atoms with Crippen LogP contribution >= 0.6 is 0 Å². The van der Waals surface area contributed by atoms with Crippen molar-refractivity contribution in [1.29, 1.82) is 0 Å². The molecule has 58 heavy (non-hydrogen) atoms. The first kappa shape index (κ1) is 55.0. The standard InChI is InChI=1S/C50H87NO7/c1-6-8-10-12-14-16-18-20-22-24-25-27-29-31-33-35-37-39-41-49(53)58-46(44-56-43-42-47(50(54)55)51(3,4)5)45-57-48(52)40-38-36-34-32-30-28-26-23-21-19-17-15-13-11-9-7-2/h9,11,15,17,21,23,28,30,34,36,46-47H,6-8,10,12-14,16,18-20,22,24-27,29,31-33,35,37-45H2,1-5H3/b11-9+,17-15+,23-21+,30-28+,36-34+. The van der Waals surface area contributed by atoms with E-state index in [1.807, 2.05) is 12.2 Å². The van der Waals surface area contributed by atoms with E-state index < -0.39 is 18.1 Å². The molecule has 0 aliphatic rings. The molecule has 0 rings (SSSR count). The summed E-state index contributed by atoms with van der Waals surface area (Å²) in [6.07, 6.45) is 49.8. The lowest BCUT2D eigenvalue weighted by Crippen LogP contribution is -2.55. The van der Waals surface area contributed by atoms with Gasteiger partial charge in [0.25, 0.3) is 0 Å². The Hall–Kier alpha value is -2.97. The molecule has 0 spiro atoms. The van der Waals surface area contributed by atoms with Gasteiger partial charge < -0.3 is 28.6 Å². The van der Waals surface area contributed by atoms with Crippen LogP contribution in [0.5, 0.6) is 0 Å². The van der Waals surface area contributed by atoms with Gasteiger partial charge in [0, 0.05) is 19.3 Å². The van der Waals surface area contributed by atoms with Crippen LogP contribution in [0.15, 0.2) is 60.8 Å². The highest BCUT2D eigenvalue weighted by atomic mass is 16.6. The zero-order valence-corrected chi connectivity index (χ0v) is 37.9. The van der Waals surface area contributed by atoms with Gasteiger partial charge in [-0.05, 0) is 44.9 Å². The van der Waals surface area contributed by atoms with Gasteiger partial charge in [-0.2, -0.15) is 0 Å². The number of aliphatic carboxylic acids is 1. The predicted octanol–water partition coefficient (Wildman–Crippen LogP) is 11.6. The Balaban J connectivity index is 4.39. The van der Waals surface area contributed by atoms with Gasteiger partial charge in [0.1, 0.15) is 12.6 Å². The fourth-order valence-corrected chi connectivity index (χ4v) is 6.59. The van der Waals surface area contributed by atoms with E-state index in [0.29, 0.717) is 12.8 Å². The molecular formula is C50H87NO7. The Kier molecular flexibility index (Phi) is 38.7. The van der Waals surface area contributed by atoms with Gasteiger partial charge >= 0.3 is 11.9 Å². The first-order chi connectivity index (χ1) is 28.1. The van der Waals surface area contributed by atoms with Crippen LogP contribution in [0.25, 0.3) is 0 Å². The minimum absolute atomic E-state index is 0.0177. The van der Waals surface area contributed by atoms with Gasteiger partial charge in [0.15, 0.2) is 6.10 Å². The Morgan fingerprint density at radius 3 is 1.40 bits per heavy atom. The molecule has 0 aromatic rings. The topological polar surface area (TPSA) is 102 Å². The molecule has 0 heterocycles. The van der Waals surface area contributed by atoms with Crippen molar-refractivity contribution in [3.63, 3.8) is 0 Å². The van der Waals surface area contributed by atoms with Gasteiger partial charge in [-0.15, -0.1) is 0 Å². The molecule has 0 radical (unpaired) electrons. The molecule has 0 aliphatic heterocycles. The summed E-state index contributed by atoms with van der Waals surface area (Å²) < 4.78 is 17.1. The predicted molar refractivity (Wildman–Crippen MR) is 240 cm³/mol. The number of hydrogen-bond donors (Lipinski definition) is 0. The van der Waals surface area contributed by atoms with E-state index >= 15 is 0 Å². The molecule has 0 aromatic heterocycles. The summed E-state index contributed by atoms with van der Waals surface area (Å²) in [5, 5.41) is 11.6. The third-order valence-electron chi connectivity index (χ3n) is 10.2. The van der Waals surface area contributed by atoms with Gasteiger partial charge in [0.2, 0.25) is 0 Å². The fourth-order valence-electron chi connectivity index (χ4n) is 6.59. The first-order valence-corrected chi connectivity index (χ1v) is 23.3. The SMILES string of the molecule is CC/C=C/C/C=C/C/C=C/C/C=C/C/C=C/CCC(=O)OCC(COCCC(C(=O)[O-])[N+](C)(C)C)OC(=O)CCCCCCCCCCCCCCCCCCCC. The maximum Gasteiger partial charge on any atom is 0.306 e. The van der Waals surface area contributed by atoms with Crippen LogP contribution in [0.3, 0.4) is 0 Å². The Morgan fingerprint density at radius 1 is 0.534 bits per heavy atom. The third-order valence-corrected chi connectivity index (χ3v) is 10.2. The van der Waals surface area contributed by atoms with Crippen molar-refractivity contribution in [2.75, 3.05) is 41.0 Å². The minimum atomic E-state index is -1.13. The number of esters is 2. The number of carboxylic acid groups (broad SMARTS) is 1. The number of carbonyl (C=O) groups excluding carboxylic acids is 3. The highest BCUT2D eigenvalue weighted by Gasteiger charge is 2.25. The molecule has 2 unspecified atom stereocenters. The van der Waals surface area contributed by atoms with E-state index in [-0.39, 0.29) is 49.1 Å². The molecule has 0 saturated carbocycles. The molecule has 0 aromatic carbocycles. The van der Waals surface area contributed by atoms with Crippen molar-refractivity contribution in [3.05, 3.63) is 60.8 Å². The van der Waals surface area contributed by atoms with Crippen molar-refractivity contribution in [2.24, 2.45) is 0 Å². The summed E-state index contributed by atoms with van der Waals surface area (Å²) in [4.78, 5) is 36.9. The minimum Gasteiger partial charge on any atom is -0.544 e. The van der Waals surface area contributed by atoms with Gasteiger partial charge in [-0.1, -0.05) is 184 Å². The van der Waals surface area contributed by atoms with E-state index in [0.717, 1.165) is 51.4 Å².